The molecule has 1 unspecified atom stereocenters. The fraction of sp³-hybridized carbons (Fsp3) is 0.412. The summed E-state index contributed by atoms with van der Waals surface area (Å²) in [6.07, 6.45) is 0.511. The minimum absolute atomic E-state index is 0.315. The van der Waals surface area contributed by atoms with Crippen LogP contribution < -0.4 is 10.1 Å². The van der Waals surface area contributed by atoms with E-state index in [2.05, 4.69) is 35.8 Å². The number of ether oxygens (including phenoxy) is 1. The molecule has 0 fully saturated rings. The van der Waals surface area contributed by atoms with Gasteiger partial charge < -0.3 is 15.2 Å². The predicted octanol–water partition coefficient (Wildman–Crippen LogP) is 2.94. The van der Waals surface area contributed by atoms with E-state index in [4.69, 9.17) is 4.74 Å². The molecule has 2 N–H and O–H groups in total. The maximum absolute atomic E-state index is 9.93. The van der Waals surface area contributed by atoms with Gasteiger partial charge in [0.2, 0.25) is 0 Å². The van der Waals surface area contributed by atoms with Crippen LogP contribution in [0.5, 0.6) is 5.75 Å². The van der Waals surface area contributed by atoms with Crippen molar-refractivity contribution in [2.24, 2.45) is 0 Å². The van der Waals surface area contributed by atoms with E-state index in [1.807, 2.05) is 19.1 Å². The van der Waals surface area contributed by atoms with Crippen LogP contribution in [0.15, 0.2) is 35.7 Å². The molecule has 1 aromatic carbocycles. The summed E-state index contributed by atoms with van der Waals surface area (Å²) in [4.78, 5) is 1.36. The molecule has 0 saturated carbocycles. The Labute approximate surface area is 130 Å². The molecule has 0 saturated heterocycles. The molecular formula is C17H23NO2S. The van der Waals surface area contributed by atoms with E-state index in [0.29, 0.717) is 13.2 Å². The molecule has 0 amide bonds. The van der Waals surface area contributed by atoms with Gasteiger partial charge in [0.15, 0.2) is 0 Å². The van der Waals surface area contributed by atoms with Crippen LogP contribution in [-0.2, 0) is 6.42 Å². The summed E-state index contributed by atoms with van der Waals surface area (Å²) in [5.41, 5.74) is 2.32. The number of thiophene rings is 1. The number of benzene rings is 1. The second kappa shape index (κ2) is 8.17. The smallest absolute Gasteiger partial charge is 0.122 e. The maximum atomic E-state index is 9.93. The molecule has 1 heterocycles. The number of aliphatic hydroxyl groups excluding tert-OH is 1. The van der Waals surface area contributed by atoms with Crippen molar-refractivity contribution in [1.82, 2.24) is 5.32 Å². The van der Waals surface area contributed by atoms with Crippen LogP contribution in [0.2, 0.25) is 0 Å². The van der Waals surface area contributed by atoms with E-state index < -0.39 is 6.10 Å². The third-order valence-electron chi connectivity index (χ3n) is 3.27. The second-order valence-electron chi connectivity index (χ2n) is 5.27. The van der Waals surface area contributed by atoms with Crippen molar-refractivity contribution in [3.63, 3.8) is 0 Å². The van der Waals surface area contributed by atoms with E-state index in [1.165, 1.54) is 10.4 Å². The summed E-state index contributed by atoms with van der Waals surface area (Å²) in [6, 6.07) is 10.3. The minimum atomic E-state index is -0.492. The average molecular weight is 305 g/mol. The van der Waals surface area contributed by atoms with Gasteiger partial charge in [-0.1, -0.05) is 23.8 Å². The number of rotatable bonds is 8. The van der Waals surface area contributed by atoms with E-state index >= 15 is 0 Å². The number of aryl methyl sites for hydroxylation is 2. The van der Waals surface area contributed by atoms with Gasteiger partial charge in [0, 0.05) is 18.0 Å². The highest BCUT2D eigenvalue weighted by Gasteiger charge is 2.06. The standard InChI is InChI=1S/C17H23NO2S/c1-13-5-6-17(14(2)10-13)20-12-15(19)11-18-8-7-16-4-3-9-21-16/h3-6,9-10,15,18-19H,7-8,11-12H2,1-2H3. The van der Waals surface area contributed by atoms with Gasteiger partial charge in [-0.2, -0.15) is 0 Å². The highest BCUT2D eigenvalue weighted by atomic mass is 32.1. The molecule has 1 aromatic heterocycles. The van der Waals surface area contributed by atoms with Crippen LogP contribution in [0.4, 0.5) is 0 Å². The molecule has 0 radical (unpaired) electrons. The summed E-state index contributed by atoms with van der Waals surface area (Å²) in [5.74, 6) is 0.846. The third-order valence-corrected chi connectivity index (χ3v) is 4.21. The van der Waals surface area contributed by atoms with E-state index in [1.54, 1.807) is 11.3 Å². The number of nitrogens with one attached hydrogen (secondary N) is 1. The Morgan fingerprint density at radius 3 is 2.86 bits per heavy atom. The van der Waals surface area contributed by atoms with Gasteiger partial charge >= 0.3 is 0 Å². The van der Waals surface area contributed by atoms with Crippen molar-refractivity contribution in [3.05, 3.63) is 51.7 Å². The molecule has 4 heteroatoms. The van der Waals surface area contributed by atoms with Gasteiger partial charge in [-0.25, -0.2) is 0 Å². The summed E-state index contributed by atoms with van der Waals surface area (Å²) in [5, 5.41) is 15.3. The first-order chi connectivity index (χ1) is 10.1. The number of aliphatic hydroxyl groups is 1. The highest BCUT2D eigenvalue weighted by molar-refractivity contribution is 7.09. The van der Waals surface area contributed by atoms with Crippen molar-refractivity contribution in [1.29, 1.82) is 0 Å². The SMILES string of the molecule is Cc1ccc(OCC(O)CNCCc2cccs2)c(C)c1. The molecule has 0 aliphatic rings. The zero-order valence-corrected chi connectivity index (χ0v) is 13.5. The first kappa shape index (κ1) is 16.0. The molecule has 0 bridgehead atoms. The molecule has 1 atom stereocenters. The molecule has 0 spiro atoms. The molecule has 2 rings (SSSR count). The van der Waals surface area contributed by atoms with Crippen LogP contribution in [0.3, 0.4) is 0 Å². The highest BCUT2D eigenvalue weighted by Crippen LogP contribution is 2.18. The van der Waals surface area contributed by atoms with Crippen molar-refractivity contribution in [2.75, 3.05) is 19.7 Å². The van der Waals surface area contributed by atoms with E-state index in [-0.39, 0.29) is 0 Å². The molecule has 0 aliphatic heterocycles. The van der Waals surface area contributed by atoms with Crippen LogP contribution in [-0.4, -0.2) is 30.9 Å². The Bertz CT molecular complexity index is 540. The molecule has 21 heavy (non-hydrogen) atoms. The van der Waals surface area contributed by atoms with Gasteiger partial charge in [0.05, 0.1) is 0 Å². The zero-order valence-electron chi connectivity index (χ0n) is 12.6. The second-order valence-corrected chi connectivity index (χ2v) is 6.30. The summed E-state index contributed by atoms with van der Waals surface area (Å²) >= 11 is 1.76. The molecular weight excluding hydrogens is 282 g/mol. The number of hydrogen-bond acceptors (Lipinski definition) is 4. The summed E-state index contributed by atoms with van der Waals surface area (Å²) in [7, 11) is 0. The van der Waals surface area contributed by atoms with Crippen LogP contribution in [0, 0.1) is 13.8 Å². The van der Waals surface area contributed by atoms with Crippen molar-refractivity contribution in [3.8, 4) is 5.75 Å². The Morgan fingerprint density at radius 2 is 2.14 bits per heavy atom. The summed E-state index contributed by atoms with van der Waals surface area (Å²) < 4.78 is 5.67. The van der Waals surface area contributed by atoms with Gasteiger partial charge in [-0.3, -0.25) is 0 Å². The number of hydrogen-bond donors (Lipinski definition) is 2. The maximum Gasteiger partial charge on any atom is 0.122 e. The van der Waals surface area contributed by atoms with Crippen molar-refractivity contribution in [2.45, 2.75) is 26.4 Å². The lowest BCUT2D eigenvalue weighted by atomic mass is 10.1. The predicted molar refractivity (Wildman–Crippen MR) is 88.3 cm³/mol. The molecule has 3 nitrogen and oxygen atoms in total. The quantitative estimate of drug-likeness (QED) is 0.737. The molecule has 0 aliphatic carbocycles. The largest absolute Gasteiger partial charge is 0.491 e. The average Bonchev–Trinajstić information content (AvgIpc) is 2.96. The fourth-order valence-electron chi connectivity index (χ4n) is 2.14. The lowest BCUT2D eigenvalue weighted by molar-refractivity contribution is 0.106. The lowest BCUT2D eigenvalue weighted by Crippen LogP contribution is -2.32. The van der Waals surface area contributed by atoms with Gasteiger partial charge in [-0.15, -0.1) is 11.3 Å². The molecule has 114 valence electrons. The van der Waals surface area contributed by atoms with Crippen molar-refractivity contribution < 1.29 is 9.84 Å². The van der Waals surface area contributed by atoms with Gasteiger partial charge in [0.1, 0.15) is 18.5 Å². The normalized spacial score (nSPS) is 12.3. The third kappa shape index (κ3) is 5.50. The van der Waals surface area contributed by atoms with Gasteiger partial charge in [0.25, 0.3) is 0 Å². The Kier molecular flexibility index (Phi) is 6.23. The first-order valence-electron chi connectivity index (χ1n) is 7.26. The Balaban J connectivity index is 1.64. The Morgan fingerprint density at radius 1 is 1.29 bits per heavy atom. The Hall–Kier alpha value is -1.36. The van der Waals surface area contributed by atoms with Crippen LogP contribution in [0.1, 0.15) is 16.0 Å². The minimum Gasteiger partial charge on any atom is -0.491 e. The molecule has 2 aromatic rings. The first-order valence-corrected chi connectivity index (χ1v) is 8.14. The monoisotopic (exact) mass is 305 g/mol. The topological polar surface area (TPSA) is 41.5 Å². The zero-order chi connectivity index (χ0) is 15.1. The van der Waals surface area contributed by atoms with Crippen LogP contribution in [0.25, 0.3) is 0 Å². The summed E-state index contributed by atoms with van der Waals surface area (Å²) in [6.45, 7) is 5.82. The fourth-order valence-corrected chi connectivity index (χ4v) is 2.85. The van der Waals surface area contributed by atoms with Gasteiger partial charge in [-0.05, 0) is 43.3 Å². The lowest BCUT2D eigenvalue weighted by Gasteiger charge is -2.14. The van der Waals surface area contributed by atoms with E-state index in [0.717, 1.165) is 24.3 Å². The van der Waals surface area contributed by atoms with Crippen molar-refractivity contribution >= 4 is 11.3 Å². The van der Waals surface area contributed by atoms with Crippen LogP contribution >= 0.6 is 11.3 Å². The van der Waals surface area contributed by atoms with E-state index in [9.17, 15) is 5.11 Å².